The van der Waals surface area contributed by atoms with Crippen LogP contribution in [-0.4, -0.2) is 39.0 Å². The maximum Gasteiger partial charge on any atom is 0.275 e. The second-order valence-corrected chi connectivity index (χ2v) is 10.2. The van der Waals surface area contributed by atoms with E-state index in [4.69, 9.17) is 11.6 Å². The van der Waals surface area contributed by atoms with E-state index in [1.807, 2.05) is 30.5 Å². The van der Waals surface area contributed by atoms with Gasteiger partial charge in [0.15, 0.2) is 0 Å². The number of fused-ring (bicyclic) bond motifs is 2. The number of hydrogen-bond acceptors (Lipinski definition) is 4. The molecule has 6 rings (SSSR count). The number of benzene rings is 3. The Morgan fingerprint density at radius 2 is 1.79 bits per heavy atom. The van der Waals surface area contributed by atoms with Crippen LogP contribution in [0.3, 0.4) is 0 Å². The lowest BCUT2D eigenvalue weighted by Crippen LogP contribution is -2.33. The molecule has 0 saturated heterocycles. The topological polar surface area (TPSA) is 80.1 Å². The Morgan fingerprint density at radius 1 is 1.00 bits per heavy atom. The Morgan fingerprint density at radius 3 is 2.57 bits per heavy atom. The molecule has 210 valence electrons. The first-order valence-corrected chi connectivity index (χ1v) is 13.6. The summed E-state index contributed by atoms with van der Waals surface area (Å²) in [6, 6.07) is 24.1. The van der Waals surface area contributed by atoms with E-state index in [1.54, 1.807) is 65.5 Å². The number of carbonyl (C=O) groups is 2. The van der Waals surface area contributed by atoms with Gasteiger partial charge in [-0.25, -0.2) is 13.5 Å². The Hall–Kier alpha value is -4.89. The number of rotatable bonds is 5. The van der Waals surface area contributed by atoms with Gasteiger partial charge in [0.1, 0.15) is 0 Å². The molecule has 0 bridgehead atoms. The van der Waals surface area contributed by atoms with Gasteiger partial charge in [-0.05, 0) is 42.5 Å². The van der Waals surface area contributed by atoms with Gasteiger partial charge in [0, 0.05) is 48.0 Å². The third-order valence-electron chi connectivity index (χ3n) is 7.08. The van der Waals surface area contributed by atoms with E-state index in [-0.39, 0.29) is 34.9 Å². The fourth-order valence-corrected chi connectivity index (χ4v) is 5.22. The van der Waals surface area contributed by atoms with Crippen LogP contribution < -0.4 is 10.2 Å². The van der Waals surface area contributed by atoms with E-state index in [1.165, 1.54) is 11.0 Å². The van der Waals surface area contributed by atoms with Gasteiger partial charge in [-0.2, -0.15) is 5.10 Å². The molecule has 0 fully saturated rings. The molecule has 0 aliphatic carbocycles. The van der Waals surface area contributed by atoms with Crippen LogP contribution in [0, 0.1) is 0 Å². The van der Waals surface area contributed by atoms with Crippen molar-refractivity contribution >= 4 is 45.6 Å². The first-order valence-electron chi connectivity index (χ1n) is 13.2. The predicted molar refractivity (Wildman–Crippen MR) is 158 cm³/mol. The molecule has 0 radical (unpaired) electrons. The zero-order valence-electron chi connectivity index (χ0n) is 22.2. The molecule has 1 aliphatic rings. The number of alkyl halides is 2. The monoisotopic (exact) mass is 583 g/mol. The van der Waals surface area contributed by atoms with Gasteiger partial charge < -0.3 is 10.2 Å². The lowest BCUT2D eigenvalue weighted by molar-refractivity contribution is -0.116. The molecule has 5 aromatic rings. The van der Waals surface area contributed by atoms with Crippen molar-refractivity contribution in [2.24, 2.45) is 0 Å². The van der Waals surface area contributed by atoms with Crippen molar-refractivity contribution in [2.75, 3.05) is 11.4 Å². The van der Waals surface area contributed by atoms with E-state index in [0.717, 1.165) is 17.0 Å². The predicted octanol–water partition coefficient (Wildman–Crippen LogP) is 6.46. The van der Waals surface area contributed by atoms with E-state index in [0.29, 0.717) is 11.4 Å². The molecule has 2 aromatic heterocycles. The first-order chi connectivity index (χ1) is 20.3. The third-order valence-corrected chi connectivity index (χ3v) is 7.39. The lowest BCUT2D eigenvalue weighted by Gasteiger charge is -2.23. The summed E-state index contributed by atoms with van der Waals surface area (Å²) in [5.74, 6) is -4.58. The van der Waals surface area contributed by atoms with E-state index in [9.17, 15) is 9.59 Å². The minimum absolute atomic E-state index is 0.0876. The summed E-state index contributed by atoms with van der Waals surface area (Å²) in [7, 11) is 0. The molecule has 3 heterocycles. The standard InChI is InChI=1S/C32H24ClF2N5O2/c33-27-17-23(40-20-21-7-1-3-10-28(21)38-40)12-13-25(27)31(42)39-16-14-32(34,35)26(24-9-2-4-11-29(24)39)18-30(41)37-19-22-8-5-6-15-36-22/h1-13,15,17-18,20H,14,16,19H2,(H,37,41)/b26-18-. The van der Waals surface area contributed by atoms with Crippen LogP contribution in [0.5, 0.6) is 0 Å². The highest BCUT2D eigenvalue weighted by Crippen LogP contribution is 2.43. The first kappa shape index (κ1) is 27.3. The summed E-state index contributed by atoms with van der Waals surface area (Å²) >= 11 is 6.59. The minimum Gasteiger partial charge on any atom is -0.347 e. The molecule has 10 heteroatoms. The normalized spacial score (nSPS) is 15.3. The molecular formula is C32H24ClF2N5O2. The van der Waals surface area contributed by atoms with Crippen LogP contribution in [-0.2, 0) is 11.3 Å². The Labute approximate surface area is 245 Å². The molecule has 2 amide bonds. The van der Waals surface area contributed by atoms with Gasteiger partial charge in [0.2, 0.25) is 5.91 Å². The number of allylic oxidation sites excluding steroid dienone is 1. The number of aromatic nitrogens is 3. The molecular weight excluding hydrogens is 560 g/mol. The molecule has 0 atom stereocenters. The van der Waals surface area contributed by atoms with Gasteiger partial charge >= 0.3 is 0 Å². The van der Waals surface area contributed by atoms with Crippen molar-refractivity contribution in [3.63, 3.8) is 0 Å². The number of amides is 2. The fraction of sp³-hybridized carbons (Fsp3) is 0.125. The fourth-order valence-electron chi connectivity index (χ4n) is 4.96. The van der Waals surface area contributed by atoms with Crippen molar-refractivity contribution < 1.29 is 18.4 Å². The number of nitrogens with one attached hydrogen (secondary N) is 1. The summed E-state index contributed by atoms with van der Waals surface area (Å²) in [5.41, 5.74) is 2.12. The SMILES string of the molecule is O=C(/C=C1/c2ccccc2N(C(=O)c2ccc(-n3cc4ccccc4n3)cc2Cl)CCC1(F)F)NCc1ccccn1. The van der Waals surface area contributed by atoms with Gasteiger partial charge in [-0.15, -0.1) is 0 Å². The number of para-hydroxylation sites is 1. The van der Waals surface area contributed by atoms with Crippen molar-refractivity contribution in [2.45, 2.75) is 18.9 Å². The molecule has 1 aliphatic heterocycles. The molecule has 0 spiro atoms. The highest BCUT2D eigenvalue weighted by molar-refractivity contribution is 6.34. The molecule has 7 nitrogen and oxygen atoms in total. The Balaban J connectivity index is 1.30. The van der Waals surface area contributed by atoms with Crippen molar-refractivity contribution in [1.82, 2.24) is 20.1 Å². The average molecular weight is 584 g/mol. The van der Waals surface area contributed by atoms with Crippen molar-refractivity contribution in [3.05, 3.63) is 125 Å². The molecule has 0 saturated carbocycles. The molecule has 42 heavy (non-hydrogen) atoms. The average Bonchev–Trinajstić information content (AvgIpc) is 3.40. The number of nitrogens with zero attached hydrogens (tertiary/aromatic N) is 4. The highest BCUT2D eigenvalue weighted by Gasteiger charge is 2.41. The maximum absolute atomic E-state index is 15.5. The second-order valence-electron chi connectivity index (χ2n) is 9.82. The minimum atomic E-state index is -3.37. The van der Waals surface area contributed by atoms with Crippen LogP contribution in [0.2, 0.25) is 5.02 Å². The van der Waals surface area contributed by atoms with Gasteiger partial charge in [0.05, 0.1) is 39.7 Å². The van der Waals surface area contributed by atoms with Gasteiger partial charge in [0.25, 0.3) is 11.8 Å². The summed E-state index contributed by atoms with van der Waals surface area (Å²) in [6.45, 7) is -0.192. The van der Waals surface area contributed by atoms with Crippen LogP contribution in [0.25, 0.3) is 22.2 Å². The number of pyridine rings is 1. The number of hydrogen-bond donors (Lipinski definition) is 1. The summed E-state index contributed by atoms with van der Waals surface area (Å²) in [4.78, 5) is 31.9. The molecule has 0 unspecified atom stereocenters. The van der Waals surface area contributed by atoms with E-state index < -0.39 is 29.7 Å². The van der Waals surface area contributed by atoms with Crippen LogP contribution >= 0.6 is 11.6 Å². The highest BCUT2D eigenvalue weighted by atomic mass is 35.5. The number of anilines is 1. The smallest absolute Gasteiger partial charge is 0.275 e. The van der Waals surface area contributed by atoms with E-state index in [2.05, 4.69) is 15.4 Å². The van der Waals surface area contributed by atoms with E-state index >= 15 is 8.78 Å². The van der Waals surface area contributed by atoms with Crippen molar-refractivity contribution in [1.29, 1.82) is 0 Å². The molecule has 3 aromatic carbocycles. The summed E-state index contributed by atoms with van der Waals surface area (Å²) in [5, 5.41) is 8.27. The Kier molecular flexibility index (Phi) is 7.26. The number of carbonyl (C=O) groups excluding carboxylic acids is 2. The van der Waals surface area contributed by atoms with Crippen LogP contribution in [0.15, 0.2) is 103 Å². The third kappa shape index (κ3) is 5.38. The summed E-state index contributed by atoms with van der Waals surface area (Å²) < 4.78 is 32.8. The van der Waals surface area contributed by atoms with Gasteiger partial charge in [-0.1, -0.05) is 54.1 Å². The lowest BCUT2D eigenvalue weighted by atomic mass is 9.97. The second kappa shape index (κ2) is 11.2. The number of halogens is 3. The Bertz CT molecular complexity index is 1800. The van der Waals surface area contributed by atoms with Crippen molar-refractivity contribution in [3.8, 4) is 5.69 Å². The van der Waals surface area contributed by atoms with Crippen LogP contribution in [0.1, 0.15) is 28.0 Å². The maximum atomic E-state index is 15.5. The zero-order valence-corrected chi connectivity index (χ0v) is 22.9. The summed E-state index contributed by atoms with van der Waals surface area (Å²) in [6.07, 6.45) is 3.67. The zero-order chi connectivity index (χ0) is 29.3. The van der Waals surface area contributed by atoms with Gasteiger partial charge in [-0.3, -0.25) is 14.6 Å². The largest absolute Gasteiger partial charge is 0.347 e. The molecule has 1 N–H and O–H groups in total. The van der Waals surface area contributed by atoms with Crippen LogP contribution in [0.4, 0.5) is 14.5 Å². The quantitative estimate of drug-likeness (QED) is 0.241.